The van der Waals surface area contributed by atoms with Crippen LogP contribution in [0.1, 0.15) is 0 Å². The predicted octanol–water partition coefficient (Wildman–Crippen LogP) is 1.89. The molecule has 0 atom stereocenters. The van der Waals surface area contributed by atoms with Gasteiger partial charge in [-0.25, -0.2) is 17.9 Å². The number of primary sulfonamides is 1. The first-order chi connectivity index (χ1) is 5.82. The number of sulfonamides is 1. The van der Waals surface area contributed by atoms with Gasteiger partial charge in [-0.15, -0.1) is 0 Å². The molecule has 0 aliphatic heterocycles. The molecule has 72 valence electrons. The molecule has 0 radical (unpaired) electrons. The van der Waals surface area contributed by atoms with E-state index in [0.29, 0.717) is 0 Å². The van der Waals surface area contributed by atoms with Crippen LogP contribution in [0.15, 0.2) is 21.5 Å². The summed E-state index contributed by atoms with van der Waals surface area (Å²) in [5.41, 5.74) is 0. The van der Waals surface area contributed by atoms with Gasteiger partial charge in [-0.1, -0.05) is 11.6 Å². The average molecular weight is 289 g/mol. The first kappa shape index (κ1) is 10.9. The van der Waals surface area contributed by atoms with Crippen molar-refractivity contribution >= 4 is 37.6 Å². The Kier molecular flexibility index (Phi) is 2.96. The fourth-order valence-corrected chi connectivity index (χ4v) is 2.27. The van der Waals surface area contributed by atoms with Gasteiger partial charge in [0.05, 0.1) is 14.4 Å². The van der Waals surface area contributed by atoms with E-state index in [9.17, 15) is 12.8 Å². The van der Waals surface area contributed by atoms with Crippen LogP contribution >= 0.6 is 27.5 Å². The van der Waals surface area contributed by atoms with E-state index in [0.717, 1.165) is 12.1 Å². The summed E-state index contributed by atoms with van der Waals surface area (Å²) < 4.78 is 34.5. The van der Waals surface area contributed by atoms with E-state index in [-0.39, 0.29) is 14.4 Å². The molecule has 0 unspecified atom stereocenters. The van der Waals surface area contributed by atoms with Crippen LogP contribution in [0.5, 0.6) is 0 Å². The smallest absolute Gasteiger partial charge is 0.225 e. The monoisotopic (exact) mass is 287 g/mol. The summed E-state index contributed by atoms with van der Waals surface area (Å²) in [6.07, 6.45) is 0. The minimum atomic E-state index is -3.85. The first-order valence-electron chi connectivity index (χ1n) is 2.99. The van der Waals surface area contributed by atoms with Crippen LogP contribution in [0, 0.1) is 5.82 Å². The third-order valence-electron chi connectivity index (χ3n) is 1.29. The van der Waals surface area contributed by atoms with Crippen molar-refractivity contribution in [3.63, 3.8) is 0 Å². The van der Waals surface area contributed by atoms with E-state index in [4.69, 9.17) is 16.7 Å². The van der Waals surface area contributed by atoms with Crippen molar-refractivity contribution in [1.82, 2.24) is 0 Å². The van der Waals surface area contributed by atoms with Crippen molar-refractivity contribution < 1.29 is 12.8 Å². The summed E-state index contributed by atoms with van der Waals surface area (Å²) >= 11 is 8.21. The van der Waals surface area contributed by atoms with Crippen molar-refractivity contribution in [1.29, 1.82) is 0 Å². The maximum absolute atomic E-state index is 12.9. The van der Waals surface area contributed by atoms with Gasteiger partial charge in [-0.3, -0.25) is 0 Å². The van der Waals surface area contributed by atoms with Crippen LogP contribution in [-0.2, 0) is 10.0 Å². The van der Waals surface area contributed by atoms with Gasteiger partial charge in [-0.2, -0.15) is 0 Å². The van der Waals surface area contributed by atoms with Gasteiger partial charge in [0.15, 0.2) is 5.82 Å². The molecule has 1 aromatic rings. The Balaban J connectivity index is 3.47. The van der Waals surface area contributed by atoms with Crippen LogP contribution in [0.25, 0.3) is 0 Å². The minimum Gasteiger partial charge on any atom is -0.225 e. The lowest BCUT2D eigenvalue weighted by atomic mass is 10.3. The Labute approximate surface area is 87.9 Å². The van der Waals surface area contributed by atoms with Gasteiger partial charge in [0, 0.05) is 0 Å². The molecule has 0 aromatic heterocycles. The summed E-state index contributed by atoms with van der Waals surface area (Å²) in [6, 6.07) is 2.01. The SMILES string of the molecule is NS(=O)(=O)c1cc(Cl)c(F)c(Br)c1. The van der Waals surface area contributed by atoms with Crippen LogP contribution in [0.4, 0.5) is 4.39 Å². The molecule has 0 aliphatic carbocycles. The molecule has 0 spiro atoms. The molecule has 0 bridgehead atoms. The summed E-state index contributed by atoms with van der Waals surface area (Å²) in [4.78, 5) is -0.231. The lowest BCUT2D eigenvalue weighted by Gasteiger charge is -2.01. The molecule has 0 saturated heterocycles. The topological polar surface area (TPSA) is 60.2 Å². The van der Waals surface area contributed by atoms with Crippen molar-refractivity contribution in [2.75, 3.05) is 0 Å². The van der Waals surface area contributed by atoms with Crippen molar-refractivity contribution in [2.45, 2.75) is 4.90 Å². The average Bonchev–Trinajstić information content (AvgIpc) is 1.97. The molecule has 0 heterocycles. The fraction of sp³-hybridized carbons (Fsp3) is 0. The van der Waals surface area contributed by atoms with Crippen LogP contribution in [-0.4, -0.2) is 8.42 Å². The number of rotatable bonds is 1. The van der Waals surface area contributed by atoms with E-state index < -0.39 is 15.8 Å². The molecule has 3 nitrogen and oxygen atoms in total. The highest BCUT2D eigenvalue weighted by Crippen LogP contribution is 2.26. The number of hydrogen-bond donors (Lipinski definition) is 1. The Morgan fingerprint density at radius 3 is 2.38 bits per heavy atom. The van der Waals surface area contributed by atoms with E-state index in [1.54, 1.807) is 0 Å². The second-order valence-electron chi connectivity index (χ2n) is 2.25. The molecule has 0 aliphatic rings. The number of hydrogen-bond acceptors (Lipinski definition) is 2. The molecule has 0 fully saturated rings. The van der Waals surface area contributed by atoms with E-state index in [1.807, 2.05) is 0 Å². The largest absolute Gasteiger partial charge is 0.238 e. The summed E-state index contributed by atoms with van der Waals surface area (Å²) in [5.74, 6) is -0.714. The molecular formula is C6H4BrClFNO2S. The molecule has 1 rings (SSSR count). The number of nitrogens with two attached hydrogens (primary N) is 1. The maximum atomic E-state index is 12.9. The van der Waals surface area contributed by atoms with Gasteiger partial charge in [0.25, 0.3) is 0 Å². The fourth-order valence-electron chi connectivity index (χ4n) is 0.697. The van der Waals surface area contributed by atoms with E-state index >= 15 is 0 Å². The van der Waals surface area contributed by atoms with Gasteiger partial charge in [-0.05, 0) is 28.1 Å². The zero-order chi connectivity index (χ0) is 10.2. The lowest BCUT2D eigenvalue weighted by Crippen LogP contribution is -2.12. The van der Waals surface area contributed by atoms with Gasteiger partial charge in [0.2, 0.25) is 10.0 Å². The predicted molar refractivity (Wildman–Crippen MR) is 50.5 cm³/mol. The van der Waals surface area contributed by atoms with Crippen LogP contribution in [0.2, 0.25) is 5.02 Å². The van der Waals surface area contributed by atoms with Gasteiger partial charge >= 0.3 is 0 Å². The highest BCUT2D eigenvalue weighted by molar-refractivity contribution is 9.10. The quantitative estimate of drug-likeness (QED) is 0.802. The third kappa shape index (κ3) is 2.40. The Bertz CT molecular complexity index is 425. The standard InChI is InChI=1S/C6H4BrClFNO2S/c7-4-1-3(13(10,11)12)2-5(8)6(4)9/h1-2H,(H2,10,11,12). The van der Waals surface area contributed by atoms with Crippen molar-refractivity contribution in [3.8, 4) is 0 Å². The summed E-state index contributed by atoms with van der Waals surface area (Å²) in [6.45, 7) is 0. The summed E-state index contributed by atoms with van der Waals surface area (Å²) in [7, 11) is -3.85. The van der Waals surface area contributed by atoms with E-state index in [2.05, 4.69) is 15.9 Å². The normalized spacial score (nSPS) is 11.7. The molecule has 13 heavy (non-hydrogen) atoms. The second kappa shape index (κ2) is 3.53. The van der Waals surface area contributed by atoms with Gasteiger partial charge < -0.3 is 0 Å². The molecule has 7 heteroatoms. The van der Waals surface area contributed by atoms with Crippen molar-refractivity contribution in [2.24, 2.45) is 5.14 Å². The first-order valence-corrected chi connectivity index (χ1v) is 5.71. The minimum absolute atomic E-state index is 0.0379. The Morgan fingerprint density at radius 1 is 1.46 bits per heavy atom. The van der Waals surface area contributed by atoms with Gasteiger partial charge in [0.1, 0.15) is 0 Å². The maximum Gasteiger partial charge on any atom is 0.238 e. The lowest BCUT2D eigenvalue weighted by molar-refractivity contribution is 0.595. The van der Waals surface area contributed by atoms with E-state index in [1.165, 1.54) is 0 Å². The number of halogens is 3. The third-order valence-corrected chi connectivity index (χ3v) is 3.03. The Hall–Kier alpha value is -0.170. The summed E-state index contributed by atoms with van der Waals surface area (Å²) in [5, 5.41) is 4.52. The highest BCUT2D eigenvalue weighted by atomic mass is 79.9. The molecule has 0 saturated carbocycles. The zero-order valence-corrected chi connectivity index (χ0v) is 9.25. The van der Waals surface area contributed by atoms with Crippen LogP contribution in [0.3, 0.4) is 0 Å². The number of benzene rings is 1. The highest BCUT2D eigenvalue weighted by Gasteiger charge is 2.13. The molecular weight excluding hydrogens is 284 g/mol. The van der Waals surface area contributed by atoms with Crippen molar-refractivity contribution in [3.05, 3.63) is 27.4 Å². The van der Waals surface area contributed by atoms with Crippen LogP contribution < -0.4 is 5.14 Å². The molecule has 2 N–H and O–H groups in total. The second-order valence-corrected chi connectivity index (χ2v) is 5.07. The zero-order valence-electron chi connectivity index (χ0n) is 6.09. The molecule has 1 aromatic carbocycles. The Morgan fingerprint density at radius 2 is 2.00 bits per heavy atom. The molecule has 0 amide bonds.